The average Bonchev–Trinajstić information content (AvgIpc) is 2.01. The minimum atomic E-state index is -1.05. The third-order valence-electron chi connectivity index (χ3n) is 1.60. The highest BCUT2D eigenvalue weighted by atomic mass is 32.2. The molecular weight excluding hydrogens is 220 g/mol. The molecule has 0 amide bonds. The molecule has 1 heterocycles. The molecule has 0 N–H and O–H groups in total. The fourth-order valence-electron chi connectivity index (χ4n) is 1.10. The first-order valence-electron chi connectivity index (χ1n) is 4.62. The Morgan fingerprint density at radius 3 is 2.64 bits per heavy atom. The molecule has 3 nitrogen and oxygen atoms in total. The van der Waals surface area contributed by atoms with Crippen LogP contribution in [0.25, 0.3) is 0 Å². The van der Waals surface area contributed by atoms with Gasteiger partial charge in [-0.25, -0.2) is 4.79 Å². The summed E-state index contributed by atoms with van der Waals surface area (Å²) in [7, 11) is -1.05. The zero-order valence-electron chi connectivity index (χ0n) is 8.74. The van der Waals surface area contributed by atoms with E-state index in [4.69, 9.17) is 4.74 Å². The molecule has 1 saturated heterocycles. The molecule has 1 aliphatic rings. The van der Waals surface area contributed by atoms with Crippen LogP contribution in [-0.2, 0) is 20.3 Å². The van der Waals surface area contributed by atoms with Crippen LogP contribution in [0.1, 0.15) is 27.2 Å². The highest BCUT2D eigenvalue weighted by Gasteiger charge is 2.32. The predicted molar refractivity (Wildman–Crippen MR) is 59.7 cm³/mol. The lowest BCUT2D eigenvalue weighted by Gasteiger charge is -2.25. The number of hydrogen-bond donors (Lipinski definition) is 0. The third-order valence-corrected chi connectivity index (χ3v) is 5.03. The number of thioether (sulfide) groups is 1. The molecule has 14 heavy (non-hydrogen) atoms. The van der Waals surface area contributed by atoms with Gasteiger partial charge in [-0.05, 0) is 32.9 Å². The van der Waals surface area contributed by atoms with E-state index in [9.17, 15) is 9.00 Å². The van der Waals surface area contributed by atoms with E-state index in [1.54, 1.807) is 0 Å². The van der Waals surface area contributed by atoms with Crippen molar-refractivity contribution in [3.05, 3.63) is 0 Å². The van der Waals surface area contributed by atoms with Crippen molar-refractivity contribution in [2.45, 2.75) is 37.4 Å². The number of esters is 1. The van der Waals surface area contributed by atoms with Crippen LogP contribution in [0, 0.1) is 0 Å². The van der Waals surface area contributed by atoms with Crippen LogP contribution in [0.5, 0.6) is 0 Å². The molecule has 2 atom stereocenters. The summed E-state index contributed by atoms with van der Waals surface area (Å²) in [6, 6.07) is 0. The Hall–Kier alpha value is -0.0300. The van der Waals surface area contributed by atoms with Crippen molar-refractivity contribution in [1.29, 1.82) is 0 Å². The molecule has 0 bridgehead atoms. The van der Waals surface area contributed by atoms with Gasteiger partial charge in [0.1, 0.15) is 5.60 Å². The first kappa shape index (κ1) is 12.0. The van der Waals surface area contributed by atoms with Crippen LogP contribution >= 0.6 is 11.8 Å². The van der Waals surface area contributed by atoms with Crippen molar-refractivity contribution in [3.63, 3.8) is 0 Å². The van der Waals surface area contributed by atoms with Crippen LogP contribution in [0.2, 0.25) is 0 Å². The van der Waals surface area contributed by atoms with Gasteiger partial charge in [-0.3, -0.25) is 4.21 Å². The standard InChI is InChI=1S/C9H16O3S2/c1-9(2,3)12-7(10)8-13-5-4-6-14(8)11/h8H,4-6H2,1-3H3/t8-,14+/m0/s1. The van der Waals surface area contributed by atoms with E-state index >= 15 is 0 Å². The predicted octanol–water partition coefficient (Wildman–Crippen LogP) is 1.54. The Bertz CT molecular complexity index is 245. The van der Waals surface area contributed by atoms with Crippen LogP contribution in [0.4, 0.5) is 0 Å². The Kier molecular flexibility index (Phi) is 4.01. The zero-order valence-corrected chi connectivity index (χ0v) is 10.4. The summed E-state index contributed by atoms with van der Waals surface area (Å²) in [5, 5.41) is 0. The van der Waals surface area contributed by atoms with Gasteiger partial charge in [-0.1, -0.05) is 0 Å². The Balaban J connectivity index is 2.55. The van der Waals surface area contributed by atoms with E-state index < -0.39 is 21.0 Å². The maximum atomic E-state index is 11.6. The van der Waals surface area contributed by atoms with Gasteiger partial charge < -0.3 is 4.74 Å². The second-order valence-corrected chi connectivity index (χ2v) is 7.33. The SMILES string of the molecule is CC(C)(C)OC(=O)[C@H]1SCCC[S@]1=O. The van der Waals surface area contributed by atoms with Crippen LogP contribution < -0.4 is 0 Å². The minimum Gasteiger partial charge on any atom is -0.458 e. The normalized spacial score (nSPS) is 28.5. The minimum absolute atomic E-state index is 0.333. The van der Waals surface area contributed by atoms with Crippen LogP contribution in [0.15, 0.2) is 0 Å². The van der Waals surface area contributed by atoms with Crippen molar-refractivity contribution in [2.24, 2.45) is 0 Å². The third kappa shape index (κ3) is 3.61. The summed E-state index contributed by atoms with van der Waals surface area (Å²) < 4.78 is 16.2. The van der Waals surface area contributed by atoms with Crippen LogP contribution in [0.3, 0.4) is 0 Å². The number of carbonyl (C=O) groups is 1. The molecule has 82 valence electrons. The Morgan fingerprint density at radius 1 is 1.50 bits per heavy atom. The van der Waals surface area contributed by atoms with E-state index in [-0.39, 0.29) is 5.97 Å². The highest BCUT2D eigenvalue weighted by molar-refractivity contribution is 8.12. The molecule has 1 rings (SSSR count). The molecule has 1 fully saturated rings. The highest BCUT2D eigenvalue weighted by Crippen LogP contribution is 2.25. The molecule has 0 saturated carbocycles. The zero-order chi connectivity index (χ0) is 10.8. The fourth-order valence-corrected chi connectivity index (χ4v) is 4.08. The van der Waals surface area contributed by atoms with Gasteiger partial charge in [0.05, 0.1) is 0 Å². The average molecular weight is 236 g/mol. The fraction of sp³-hybridized carbons (Fsp3) is 0.889. The van der Waals surface area contributed by atoms with Gasteiger partial charge >= 0.3 is 5.97 Å². The molecular formula is C9H16O3S2. The maximum absolute atomic E-state index is 11.6. The molecule has 0 unspecified atom stereocenters. The smallest absolute Gasteiger partial charge is 0.332 e. The van der Waals surface area contributed by atoms with E-state index in [1.807, 2.05) is 20.8 Å². The summed E-state index contributed by atoms with van der Waals surface area (Å²) in [4.78, 5) is 11.6. The topological polar surface area (TPSA) is 43.4 Å². The first-order chi connectivity index (χ1) is 6.40. The molecule has 0 spiro atoms. The van der Waals surface area contributed by atoms with E-state index in [2.05, 4.69) is 0 Å². The second kappa shape index (κ2) is 4.66. The van der Waals surface area contributed by atoms with E-state index in [0.29, 0.717) is 5.75 Å². The molecule has 0 aromatic heterocycles. The molecule has 0 aromatic rings. The summed E-state index contributed by atoms with van der Waals surface area (Å²) in [6.07, 6.45) is 0.927. The first-order valence-corrected chi connectivity index (χ1v) is 7.05. The lowest BCUT2D eigenvalue weighted by molar-refractivity contribution is -0.152. The maximum Gasteiger partial charge on any atom is 0.332 e. The Morgan fingerprint density at radius 2 is 2.14 bits per heavy atom. The molecule has 0 aliphatic carbocycles. The van der Waals surface area contributed by atoms with Gasteiger partial charge in [0.2, 0.25) is 0 Å². The largest absolute Gasteiger partial charge is 0.458 e. The van der Waals surface area contributed by atoms with Crippen molar-refractivity contribution >= 4 is 28.5 Å². The summed E-state index contributed by atoms with van der Waals surface area (Å²) in [5.74, 6) is 1.19. The second-order valence-electron chi connectivity index (χ2n) is 4.17. The number of rotatable bonds is 1. The van der Waals surface area contributed by atoms with Crippen molar-refractivity contribution in [2.75, 3.05) is 11.5 Å². The lowest BCUT2D eigenvalue weighted by atomic mass is 10.2. The van der Waals surface area contributed by atoms with E-state index in [0.717, 1.165) is 12.2 Å². The summed E-state index contributed by atoms with van der Waals surface area (Å²) in [6.45, 7) is 5.46. The summed E-state index contributed by atoms with van der Waals surface area (Å²) in [5.41, 5.74) is -0.487. The summed E-state index contributed by atoms with van der Waals surface area (Å²) >= 11 is 1.45. The monoisotopic (exact) mass is 236 g/mol. The van der Waals surface area contributed by atoms with Gasteiger partial charge in [-0.15, -0.1) is 11.8 Å². The Labute approximate surface area is 91.4 Å². The van der Waals surface area contributed by atoms with Gasteiger partial charge in [0.25, 0.3) is 0 Å². The van der Waals surface area contributed by atoms with Gasteiger partial charge in [0.15, 0.2) is 4.58 Å². The van der Waals surface area contributed by atoms with Crippen LogP contribution in [-0.4, -0.2) is 31.9 Å². The quantitative estimate of drug-likeness (QED) is 0.648. The molecule has 1 aliphatic heterocycles. The van der Waals surface area contributed by atoms with Crippen molar-refractivity contribution in [1.82, 2.24) is 0 Å². The van der Waals surface area contributed by atoms with Gasteiger partial charge in [0, 0.05) is 16.6 Å². The number of hydrogen-bond acceptors (Lipinski definition) is 4. The molecule has 0 aromatic carbocycles. The number of ether oxygens (including phenoxy) is 1. The molecule has 0 radical (unpaired) electrons. The van der Waals surface area contributed by atoms with Crippen molar-refractivity contribution in [3.8, 4) is 0 Å². The number of carbonyl (C=O) groups excluding carboxylic acids is 1. The molecule has 5 heteroatoms. The van der Waals surface area contributed by atoms with Crippen molar-refractivity contribution < 1.29 is 13.7 Å². The van der Waals surface area contributed by atoms with E-state index in [1.165, 1.54) is 11.8 Å². The lowest BCUT2D eigenvalue weighted by Crippen LogP contribution is -2.35. The van der Waals surface area contributed by atoms with Gasteiger partial charge in [-0.2, -0.15) is 0 Å².